The lowest BCUT2D eigenvalue weighted by Crippen LogP contribution is -2.07. The molecule has 0 aromatic heterocycles. The zero-order chi connectivity index (χ0) is 17.6. The number of carbonyl (C=O) groups is 1. The minimum Gasteiger partial charge on any atom is -0.466 e. The largest absolute Gasteiger partial charge is 0.466 e. The van der Waals surface area contributed by atoms with Crippen molar-refractivity contribution >= 4 is 17.7 Å². The van der Waals surface area contributed by atoms with Gasteiger partial charge in [0.15, 0.2) is 0 Å². The summed E-state index contributed by atoms with van der Waals surface area (Å²) in [4.78, 5) is 11.2. The Morgan fingerprint density at radius 1 is 1.17 bits per heavy atom. The first-order valence-electron chi connectivity index (χ1n) is 7.15. The topological polar surface area (TPSA) is 38.3 Å². The van der Waals surface area contributed by atoms with E-state index in [1.807, 2.05) is 0 Å². The molecule has 0 aliphatic carbocycles. The number of anilines is 1. The van der Waals surface area contributed by atoms with Crippen LogP contribution in [0, 0.1) is 0 Å². The molecular formula is C18H16F3NO2. The molecule has 6 heteroatoms. The molecule has 2 aromatic carbocycles. The molecule has 0 radical (unpaired) electrons. The maximum Gasteiger partial charge on any atom is 0.416 e. The third-order valence-corrected chi connectivity index (χ3v) is 3.30. The van der Waals surface area contributed by atoms with Crippen molar-refractivity contribution in [2.24, 2.45) is 0 Å². The lowest BCUT2D eigenvalue weighted by Gasteiger charge is -2.12. The van der Waals surface area contributed by atoms with Crippen LogP contribution in [0.25, 0.3) is 6.08 Å². The third kappa shape index (κ3) is 4.87. The summed E-state index contributed by atoms with van der Waals surface area (Å²) >= 11 is 0. The Morgan fingerprint density at radius 2 is 1.92 bits per heavy atom. The molecule has 0 amide bonds. The number of halogens is 3. The van der Waals surface area contributed by atoms with Crippen molar-refractivity contribution in [3.8, 4) is 0 Å². The number of hydrogen-bond acceptors (Lipinski definition) is 3. The van der Waals surface area contributed by atoms with Gasteiger partial charge in [0.25, 0.3) is 0 Å². The Balaban J connectivity index is 2.13. The molecule has 0 spiro atoms. The van der Waals surface area contributed by atoms with E-state index < -0.39 is 17.7 Å². The van der Waals surface area contributed by atoms with Gasteiger partial charge in [0.1, 0.15) is 0 Å². The van der Waals surface area contributed by atoms with Gasteiger partial charge in [-0.15, -0.1) is 0 Å². The Bertz CT molecular complexity index is 739. The lowest BCUT2D eigenvalue weighted by molar-refractivity contribution is -0.137. The van der Waals surface area contributed by atoms with Crippen LogP contribution in [0.1, 0.15) is 16.7 Å². The summed E-state index contributed by atoms with van der Waals surface area (Å²) in [6.45, 7) is 0.229. The van der Waals surface area contributed by atoms with Gasteiger partial charge in [0.2, 0.25) is 0 Å². The second kappa shape index (κ2) is 7.68. The molecule has 0 aliphatic rings. The summed E-state index contributed by atoms with van der Waals surface area (Å²) in [5.74, 6) is -0.484. The van der Waals surface area contributed by atoms with Gasteiger partial charge in [-0.2, -0.15) is 13.2 Å². The van der Waals surface area contributed by atoms with Gasteiger partial charge in [-0.1, -0.05) is 30.3 Å². The highest BCUT2D eigenvalue weighted by Crippen LogP contribution is 2.29. The molecule has 0 saturated heterocycles. The number of methoxy groups -OCH3 is 1. The van der Waals surface area contributed by atoms with Crippen LogP contribution in [0.5, 0.6) is 0 Å². The van der Waals surface area contributed by atoms with Crippen molar-refractivity contribution in [1.29, 1.82) is 0 Å². The van der Waals surface area contributed by atoms with Crippen LogP contribution in [-0.4, -0.2) is 13.1 Å². The van der Waals surface area contributed by atoms with E-state index in [1.165, 1.54) is 19.3 Å². The van der Waals surface area contributed by atoms with Crippen molar-refractivity contribution in [3.05, 3.63) is 71.3 Å². The van der Waals surface area contributed by atoms with E-state index in [-0.39, 0.29) is 6.54 Å². The van der Waals surface area contributed by atoms with Crippen LogP contribution in [-0.2, 0) is 22.3 Å². The molecule has 0 unspecified atom stereocenters. The molecule has 126 valence electrons. The number of carbonyl (C=O) groups excluding carboxylic acids is 1. The molecule has 0 heterocycles. The molecule has 2 rings (SSSR count). The summed E-state index contributed by atoms with van der Waals surface area (Å²) in [5.41, 5.74) is 1.27. The number of alkyl halides is 3. The number of ether oxygens (including phenoxy) is 1. The lowest BCUT2D eigenvalue weighted by atomic mass is 10.1. The molecule has 0 bridgehead atoms. The number of esters is 1. The monoisotopic (exact) mass is 335 g/mol. The fourth-order valence-corrected chi connectivity index (χ4v) is 2.08. The molecule has 0 aliphatic heterocycles. The molecule has 3 nitrogen and oxygen atoms in total. The van der Waals surface area contributed by atoms with Gasteiger partial charge in [0, 0.05) is 18.3 Å². The highest BCUT2D eigenvalue weighted by Gasteiger charge is 2.30. The molecule has 24 heavy (non-hydrogen) atoms. The second-order valence-electron chi connectivity index (χ2n) is 5.00. The van der Waals surface area contributed by atoms with Gasteiger partial charge < -0.3 is 10.1 Å². The Labute approximate surface area is 137 Å². The molecule has 0 fully saturated rings. The summed E-state index contributed by atoms with van der Waals surface area (Å²) in [5, 5.41) is 3.08. The van der Waals surface area contributed by atoms with Gasteiger partial charge in [-0.3, -0.25) is 0 Å². The van der Waals surface area contributed by atoms with Gasteiger partial charge in [-0.05, 0) is 35.4 Å². The highest BCUT2D eigenvalue weighted by atomic mass is 19.4. The highest BCUT2D eigenvalue weighted by molar-refractivity contribution is 5.88. The van der Waals surface area contributed by atoms with E-state index in [0.29, 0.717) is 11.3 Å². The quantitative estimate of drug-likeness (QED) is 0.646. The number of para-hydroxylation sites is 1. The number of rotatable bonds is 5. The van der Waals surface area contributed by atoms with Crippen LogP contribution in [0.15, 0.2) is 54.6 Å². The number of benzene rings is 2. The zero-order valence-corrected chi connectivity index (χ0v) is 12.9. The van der Waals surface area contributed by atoms with Crippen molar-refractivity contribution in [3.63, 3.8) is 0 Å². The Kier molecular flexibility index (Phi) is 5.63. The van der Waals surface area contributed by atoms with Crippen LogP contribution in [0.3, 0.4) is 0 Å². The molecule has 2 aromatic rings. The first kappa shape index (κ1) is 17.6. The van der Waals surface area contributed by atoms with E-state index in [2.05, 4.69) is 10.1 Å². The molecule has 1 N–H and O–H groups in total. The number of hydrogen-bond donors (Lipinski definition) is 1. The van der Waals surface area contributed by atoms with Crippen LogP contribution in [0.2, 0.25) is 0 Å². The van der Waals surface area contributed by atoms with Crippen molar-refractivity contribution < 1.29 is 22.7 Å². The summed E-state index contributed by atoms with van der Waals surface area (Å²) in [6.07, 6.45) is -1.50. The SMILES string of the molecule is COC(=O)C=Cc1ccccc1NCc1cccc(C(F)(F)F)c1. The molecular weight excluding hydrogens is 319 g/mol. The Morgan fingerprint density at radius 3 is 2.62 bits per heavy atom. The summed E-state index contributed by atoms with van der Waals surface area (Å²) in [6, 6.07) is 12.3. The maximum atomic E-state index is 12.7. The fraction of sp³-hybridized carbons (Fsp3) is 0.167. The molecule has 0 atom stereocenters. The van der Waals surface area contributed by atoms with Crippen LogP contribution >= 0.6 is 0 Å². The minimum atomic E-state index is -4.36. The van der Waals surface area contributed by atoms with Gasteiger partial charge in [-0.25, -0.2) is 4.79 Å². The van der Waals surface area contributed by atoms with E-state index in [0.717, 1.165) is 17.7 Å². The van der Waals surface area contributed by atoms with Crippen molar-refractivity contribution in [2.75, 3.05) is 12.4 Å². The van der Waals surface area contributed by atoms with Gasteiger partial charge in [0.05, 0.1) is 12.7 Å². The standard InChI is InChI=1S/C18H16F3NO2/c1-24-17(23)10-9-14-6-2-3-8-16(14)22-12-13-5-4-7-15(11-13)18(19,20)21/h2-11,22H,12H2,1H3. The van der Waals surface area contributed by atoms with Crippen LogP contribution in [0.4, 0.5) is 18.9 Å². The maximum absolute atomic E-state index is 12.7. The van der Waals surface area contributed by atoms with E-state index in [9.17, 15) is 18.0 Å². The predicted octanol–water partition coefficient (Wildman–Crippen LogP) is 4.50. The van der Waals surface area contributed by atoms with Crippen LogP contribution < -0.4 is 5.32 Å². The second-order valence-corrected chi connectivity index (χ2v) is 5.00. The van der Waals surface area contributed by atoms with E-state index in [4.69, 9.17) is 0 Å². The third-order valence-electron chi connectivity index (χ3n) is 3.30. The Hall–Kier alpha value is -2.76. The van der Waals surface area contributed by atoms with Gasteiger partial charge >= 0.3 is 12.1 Å². The average Bonchev–Trinajstić information content (AvgIpc) is 2.58. The smallest absolute Gasteiger partial charge is 0.416 e. The normalized spacial score (nSPS) is 11.5. The first-order valence-corrected chi connectivity index (χ1v) is 7.15. The summed E-state index contributed by atoms with van der Waals surface area (Å²) in [7, 11) is 1.28. The van der Waals surface area contributed by atoms with E-state index >= 15 is 0 Å². The van der Waals surface area contributed by atoms with Crippen molar-refractivity contribution in [1.82, 2.24) is 0 Å². The molecule has 0 saturated carbocycles. The minimum absolute atomic E-state index is 0.229. The number of nitrogens with one attached hydrogen (secondary N) is 1. The zero-order valence-electron chi connectivity index (χ0n) is 12.9. The first-order chi connectivity index (χ1) is 11.4. The van der Waals surface area contributed by atoms with E-state index in [1.54, 1.807) is 36.4 Å². The van der Waals surface area contributed by atoms with Crippen molar-refractivity contribution in [2.45, 2.75) is 12.7 Å². The predicted molar refractivity (Wildman–Crippen MR) is 86.3 cm³/mol. The average molecular weight is 335 g/mol. The summed E-state index contributed by atoms with van der Waals surface area (Å²) < 4.78 is 42.7. The fourth-order valence-electron chi connectivity index (χ4n) is 2.08.